The van der Waals surface area contributed by atoms with E-state index in [1.165, 1.54) is 19.3 Å². The highest BCUT2D eigenvalue weighted by Crippen LogP contribution is 2.46. The average molecular weight is 283 g/mol. The number of carboxylic acids is 1. The average Bonchev–Trinajstić information content (AvgIpc) is 3.00. The Morgan fingerprint density at radius 2 is 1.95 bits per heavy atom. The smallest absolute Gasteiger partial charge is 0.322 e. The van der Waals surface area contributed by atoms with Gasteiger partial charge in [0.1, 0.15) is 6.54 Å². The van der Waals surface area contributed by atoms with Crippen LogP contribution >= 0.6 is 0 Å². The quantitative estimate of drug-likeness (QED) is 0.683. The van der Waals surface area contributed by atoms with E-state index in [9.17, 15) is 9.59 Å². The zero-order valence-electron chi connectivity index (χ0n) is 13.2. The largest absolute Gasteiger partial charge is 0.480 e. The SMILES string of the molecule is CC(C)CC(C)(C)CCC1C[C@H]1CC(=O)NCC(=O)O. The number of rotatable bonds is 9. The molecule has 0 spiro atoms. The first kappa shape index (κ1) is 17.0. The van der Waals surface area contributed by atoms with E-state index in [1.807, 2.05) is 0 Å². The van der Waals surface area contributed by atoms with Gasteiger partial charge in [-0.15, -0.1) is 0 Å². The van der Waals surface area contributed by atoms with Crippen molar-refractivity contribution in [3.8, 4) is 0 Å². The highest BCUT2D eigenvalue weighted by atomic mass is 16.4. The summed E-state index contributed by atoms with van der Waals surface area (Å²) >= 11 is 0. The van der Waals surface area contributed by atoms with Gasteiger partial charge >= 0.3 is 5.97 Å². The minimum absolute atomic E-state index is 0.124. The molecule has 1 aliphatic rings. The highest BCUT2D eigenvalue weighted by molar-refractivity contribution is 5.81. The number of hydrogen-bond acceptors (Lipinski definition) is 2. The summed E-state index contributed by atoms with van der Waals surface area (Å²) in [6, 6.07) is 0. The third-order valence-corrected chi connectivity index (χ3v) is 4.11. The summed E-state index contributed by atoms with van der Waals surface area (Å²) in [7, 11) is 0. The van der Waals surface area contributed by atoms with Crippen molar-refractivity contribution >= 4 is 11.9 Å². The maximum atomic E-state index is 11.5. The van der Waals surface area contributed by atoms with Gasteiger partial charge in [0.2, 0.25) is 5.91 Å². The van der Waals surface area contributed by atoms with E-state index in [0.717, 1.165) is 12.3 Å². The Morgan fingerprint density at radius 1 is 1.30 bits per heavy atom. The summed E-state index contributed by atoms with van der Waals surface area (Å²) in [6.45, 7) is 8.90. The monoisotopic (exact) mass is 283 g/mol. The van der Waals surface area contributed by atoms with Crippen LogP contribution in [0.3, 0.4) is 0 Å². The lowest BCUT2D eigenvalue weighted by Gasteiger charge is -2.26. The lowest BCUT2D eigenvalue weighted by molar-refractivity contribution is -0.138. The number of carbonyl (C=O) groups is 2. The molecule has 4 heteroatoms. The number of amides is 1. The summed E-state index contributed by atoms with van der Waals surface area (Å²) in [6.07, 6.45) is 5.25. The lowest BCUT2D eigenvalue weighted by atomic mass is 9.79. The summed E-state index contributed by atoms with van der Waals surface area (Å²) in [5.74, 6) is 0.750. The molecule has 0 aliphatic heterocycles. The Bertz CT molecular complexity index is 350. The molecule has 2 atom stereocenters. The second kappa shape index (κ2) is 7.09. The first-order valence-electron chi connectivity index (χ1n) is 7.68. The van der Waals surface area contributed by atoms with Crippen LogP contribution in [0.5, 0.6) is 0 Å². The normalized spacial score (nSPS) is 21.9. The Morgan fingerprint density at radius 3 is 2.50 bits per heavy atom. The molecule has 0 aromatic rings. The predicted molar refractivity (Wildman–Crippen MR) is 79.3 cm³/mol. The van der Waals surface area contributed by atoms with Crippen molar-refractivity contribution in [3.63, 3.8) is 0 Å². The molecule has 20 heavy (non-hydrogen) atoms. The molecule has 0 bridgehead atoms. The van der Waals surface area contributed by atoms with Gasteiger partial charge in [-0.3, -0.25) is 9.59 Å². The van der Waals surface area contributed by atoms with Gasteiger partial charge in [0.25, 0.3) is 0 Å². The Kier molecular flexibility index (Phi) is 6.03. The Hall–Kier alpha value is -1.06. The molecular weight excluding hydrogens is 254 g/mol. The Balaban J connectivity index is 2.17. The molecule has 0 aromatic carbocycles. The zero-order chi connectivity index (χ0) is 15.3. The van der Waals surface area contributed by atoms with Gasteiger partial charge in [-0.1, -0.05) is 27.7 Å². The van der Waals surface area contributed by atoms with Gasteiger partial charge in [-0.25, -0.2) is 0 Å². The number of aliphatic carboxylic acids is 1. The molecule has 0 radical (unpaired) electrons. The van der Waals surface area contributed by atoms with Gasteiger partial charge in [-0.2, -0.15) is 0 Å². The van der Waals surface area contributed by atoms with Crippen LogP contribution in [-0.4, -0.2) is 23.5 Å². The summed E-state index contributed by atoms with van der Waals surface area (Å²) < 4.78 is 0. The Labute approximate surface area is 122 Å². The first-order chi connectivity index (χ1) is 9.19. The van der Waals surface area contributed by atoms with E-state index < -0.39 is 5.97 Å². The minimum Gasteiger partial charge on any atom is -0.480 e. The molecule has 0 aromatic heterocycles. The maximum absolute atomic E-state index is 11.5. The van der Waals surface area contributed by atoms with Gasteiger partial charge in [0.05, 0.1) is 0 Å². The molecule has 116 valence electrons. The van der Waals surface area contributed by atoms with Crippen LogP contribution in [0.15, 0.2) is 0 Å². The number of nitrogens with one attached hydrogen (secondary N) is 1. The van der Waals surface area contributed by atoms with Crippen LogP contribution in [0.25, 0.3) is 0 Å². The van der Waals surface area contributed by atoms with Gasteiger partial charge in [0.15, 0.2) is 0 Å². The van der Waals surface area contributed by atoms with Crippen molar-refractivity contribution in [2.24, 2.45) is 23.2 Å². The molecule has 1 rings (SSSR count). The molecule has 0 heterocycles. The van der Waals surface area contributed by atoms with Crippen LogP contribution in [0.4, 0.5) is 0 Å². The number of carboxylic acid groups (broad SMARTS) is 1. The fourth-order valence-electron chi connectivity index (χ4n) is 3.18. The minimum atomic E-state index is -0.985. The number of hydrogen-bond donors (Lipinski definition) is 2. The molecule has 1 amide bonds. The van der Waals surface area contributed by atoms with Crippen molar-refractivity contribution in [1.82, 2.24) is 5.32 Å². The summed E-state index contributed by atoms with van der Waals surface area (Å²) in [5.41, 5.74) is 0.382. The molecule has 0 saturated heterocycles. The van der Waals surface area contributed by atoms with E-state index in [-0.39, 0.29) is 12.5 Å². The molecule has 1 saturated carbocycles. The summed E-state index contributed by atoms with van der Waals surface area (Å²) in [4.78, 5) is 21.9. The van der Waals surface area contributed by atoms with Crippen LogP contribution < -0.4 is 5.32 Å². The van der Waals surface area contributed by atoms with Crippen LogP contribution in [0.2, 0.25) is 0 Å². The van der Waals surface area contributed by atoms with E-state index in [0.29, 0.717) is 23.7 Å². The van der Waals surface area contributed by atoms with E-state index >= 15 is 0 Å². The van der Waals surface area contributed by atoms with Gasteiger partial charge in [-0.05, 0) is 48.9 Å². The van der Waals surface area contributed by atoms with Crippen molar-refractivity contribution in [2.45, 2.75) is 59.8 Å². The fraction of sp³-hybridized carbons (Fsp3) is 0.875. The predicted octanol–water partition coefficient (Wildman–Crippen LogP) is 3.07. The second-order valence-electron chi connectivity index (χ2n) is 7.43. The number of carbonyl (C=O) groups excluding carboxylic acids is 1. The summed E-state index contributed by atoms with van der Waals surface area (Å²) in [5, 5.41) is 10.9. The van der Waals surface area contributed by atoms with Crippen LogP contribution in [0.1, 0.15) is 59.8 Å². The third kappa shape index (κ3) is 6.92. The molecule has 4 nitrogen and oxygen atoms in total. The van der Waals surface area contributed by atoms with Gasteiger partial charge < -0.3 is 10.4 Å². The second-order valence-corrected chi connectivity index (χ2v) is 7.43. The van der Waals surface area contributed by atoms with Crippen LogP contribution in [0, 0.1) is 23.2 Å². The van der Waals surface area contributed by atoms with Crippen molar-refractivity contribution in [1.29, 1.82) is 0 Å². The van der Waals surface area contributed by atoms with Crippen molar-refractivity contribution in [2.75, 3.05) is 6.54 Å². The standard InChI is InChI=1S/C16H29NO3/c1-11(2)9-16(3,4)6-5-12-7-13(12)8-14(18)17-10-15(19)20/h11-13H,5-10H2,1-4H3,(H,17,18)(H,19,20)/t12?,13-/m0/s1. The molecule has 1 fully saturated rings. The van der Waals surface area contributed by atoms with E-state index in [1.54, 1.807) is 0 Å². The first-order valence-corrected chi connectivity index (χ1v) is 7.68. The van der Waals surface area contributed by atoms with Crippen molar-refractivity contribution in [3.05, 3.63) is 0 Å². The van der Waals surface area contributed by atoms with E-state index in [4.69, 9.17) is 5.11 Å². The highest BCUT2D eigenvalue weighted by Gasteiger charge is 2.38. The molecule has 2 N–H and O–H groups in total. The maximum Gasteiger partial charge on any atom is 0.322 e. The molecule has 1 aliphatic carbocycles. The zero-order valence-corrected chi connectivity index (χ0v) is 13.2. The van der Waals surface area contributed by atoms with Crippen molar-refractivity contribution < 1.29 is 14.7 Å². The molecule has 1 unspecified atom stereocenters. The van der Waals surface area contributed by atoms with Gasteiger partial charge in [0, 0.05) is 6.42 Å². The van der Waals surface area contributed by atoms with Crippen LogP contribution in [-0.2, 0) is 9.59 Å². The van der Waals surface area contributed by atoms with E-state index in [2.05, 4.69) is 33.0 Å². The third-order valence-electron chi connectivity index (χ3n) is 4.11. The fourth-order valence-corrected chi connectivity index (χ4v) is 3.18. The lowest BCUT2D eigenvalue weighted by Crippen LogP contribution is -2.29. The topological polar surface area (TPSA) is 66.4 Å². The molecular formula is C16H29NO3.